The lowest BCUT2D eigenvalue weighted by Crippen LogP contribution is -2.54. The molecule has 1 unspecified atom stereocenters. The Morgan fingerprint density at radius 3 is 2.19 bits per heavy atom. The molecule has 0 aliphatic heterocycles. The third-order valence-electron chi connectivity index (χ3n) is 6.15. The van der Waals surface area contributed by atoms with Gasteiger partial charge in [0.15, 0.2) is 0 Å². The summed E-state index contributed by atoms with van der Waals surface area (Å²) in [7, 11) is 0. The van der Waals surface area contributed by atoms with Crippen molar-refractivity contribution in [3.63, 3.8) is 0 Å². The fourth-order valence-electron chi connectivity index (χ4n) is 5.47. The van der Waals surface area contributed by atoms with Gasteiger partial charge in [-0.25, -0.2) is 0 Å². The summed E-state index contributed by atoms with van der Waals surface area (Å²) in [6.45, 7) is 2.12. The molecule has 1 aromatic carbocycles. The average molecular weight is 287 g/mol. The first-order valence-corrected chi connectivity index (χ1v) is 8.38. The van der Waals surface area contributed by atoms with E-state index in [0.29, 0.717) is 6.04 Å². The highest BCUT2D eigenvalue weighted by molar-refractivity contribution is 5.40. The van der Waals surface area contributed by atoms with Crippen LogP contribution in [0, 0.1) is 23.7 Å². The summed E-state index contributed by atoms with van der Waals surface area (Å²) < 4.78 is 0. The summed E-state index contributed by atoms with van der Waals surface area (Å²) in [5.74, 6) is 3.97. The fraction of sp³-hybridized carbons (Fsp3) is 0.667. The minimum absolute atomic E-state index is 0.123. The largest absolute Gasteiger partial charge is 0.508 e. The first-order chi connectivity index (χ1) is 10.1. The molecular weight excluding hydrogens is 262 g/mol. The highest BCUT2D eigenvalue weighted by Crippen LogP contribution is 2.54. The second-order valence-corrected chi connectivity index (χ2v) is 7.59. The lowest BCUT2D eigenvalue weighted by Gasteiger charge is -2.55. The number of nitrogens with one attached hydrogen (secondary N) is 1. The van der Waals surface area contributed by atoms with Crippen LogP contribution in [0.25, 0.3) is 0 Å². The monoisotopic (exact) mass is 287 g/mol. The SMILES string of the molecule is CC(NC1C2CC3CC(C2)CC1C3)c1ccc(O)cc1O. The molecule has 3 heteroatoms. The van der Waals surface area contributed by atoms with Crippen molar-refractivity contribution in [3.8, 4) is 11.5 Å². The number of phenols is 2. The Labute approximate surface area is 126 Å². The van der Waals surface area contributed by atoms with Crippen LogP contribution in [0.4, 0.5) is 0 Å². The maximum atomic E-state index is 10.0. The van der Waals surface area contributed by atoms with Crippen molar-refractivity contribution in [3.05, 3.63) is 23.8 Å². The third-order valence-corrected chi connectivity index (χ3v) is 6.15. The molecule has 0 radical (unpaired) electrons. The summed E-state index contributed by atoms with van der Waals surface area (Å²) in [4.78, 5) is 0. The van der Waals surface area contributed by atoms with Crippen molar-refractivity contribution >= 4 is 0 Å². The topological polar surface area (TPSA) is 52.5 Å². The van der Waals surface area contributed by atoms with E-state index in [1.165, 1.54) is 38.2 Å². The molecule has 3 nitrogen and oxygen atoms in total. The zero-order chi connectivity index (χ0) is 14.6. The van der Waals surface area contributed by atoms with Crippen LogP contribution < -0.4 is 5.32 Å². The highest BCUT2D eigenvalue weighted by Gasteiger charge is 2.48. The second-order valence-electron chi connectivity index (χ2n) is 7.59. The molecule has 4 aliphatic rings. The Kier molecular flexibility index (Phi) is 3.14. The maximum absolute atomic E-state index is 10.0. The molecule has 0 saturated heterocycles. The first-order valence-electron chi connectivity index (χ1n) is 8.38. The van der Waals surface area contributed by atoms with Crippen LogP contribution in [0.5, 0.6) is 11.5 Å². The van der Waals surface area contributed by atoms with Crippen LogP contribution in [0.2, 0.25) is 0 Å². The van der Waals surface area contributed by atoms with Crippen molar-refractivity contribution in [2.45, 2.75) is 51.1 Å². The number of benzene rings is 1. The van der Waals surface area contributed by atoms with Crippen molar-refractivity contribution in [2.24, 2.45) is 23.7 Å². The van der Waals surface area contributed by atoms with Crippen LogP contribution in [-0.2, 0) is 0 Å². The molecule has 4 bridgehead atoms. The van der Waals surface area contributed by atoms with E-state index in [0.717, 1.165) is 29.2 Å². The van der Waals surface area contributed by atoms with Crippen LogP contribution >= 0.6 is 0 Å². The van der Waals surface area contributed by atoms with Crippen LogP contribution in [-0.4, -0.2) is 16.3 Å². The molecule has 4 fully saturated rings. The molecule has 114 valence electrons. The number of aromatic hydroxyl groups is 2. The Morgan fingerprint density at radius 1 is 1.00 bits per heavy atom. The normalized spacial score (nSPS) is 38.6. The Balaban J connectivity index is 1.50. The smallest absolute Gasteiger partial charge is 0.124 e. The zero-order valence-corrected chi connectivity index (χ0v) is 12.6. The van der Waals surface area contributed by atoms with E-state index in [9.17, 15) is 10.2 Å². The molecule has 0 aromatic heterocycles. The third kappa shape index (κ3) is 2.32. The molecule has 21 heavy (non-hydrogen) atoms. The molecule has 1 atom stereocenters. The molecule has 0 heterocycles. The number of hydrogen-bond donors (Lipinski definition) is 3. The van der Waals surface area contributed by atoms with Crippen LogP contribution in [0.3, 0.4) is 0 Å². The van der Waals surface area contributed by atoms with Gasteiger partial charge in [-0.2, -0.15) is 0 Å². The van der Waals surface area contributed by atoms with Crippen molar-refractivity contribution in [1.82, 2.24) is 5.32 Å². The van der Waals surface area contributed by atoms with E-state index in [4.69, 9.17) is 0 Å². The Morgan fingerprint density at radius 2 is 1.62 bits per heavy atom. The molecule has 4 saturated carbocycles. The highest BCUT2D eigenvalue weighted by atomic mass is 16.3. The molecule has 3 N–H and O–H groups in total. The van der Waals surface area contributed by atoms with Gasteiger partial charge in [0.25, 0.3) is 0 Å². The minimum Gasteiger partial charge on any atom is -0.508 e. The summed E-state index contributed by atoms with van der Waals surface area (Å²) in [5, 5.41) is 23.3. The van der Waals surface area contributed by atoms with Crippen LogP contribution in [0.15, 0.2) is 18.2 Å². The van der Waals surface area contributed by atoms with Gasteiger partial charge in [0.05, 0.1) is 0 Å². The predicted molar refractivity (Wildman–Crippen MR) is 82.2 cm³/mol. The lowest BCUT2D eigenvalue weighted by molar-refractivity contribution is -0.0171. The number of phenolic OH excluding ortho intramolecular Hbond substituents is 2. The van der Waals surface area contributed by atoms with Crippen molar-refractivity contribution < 1.29 is 10.2 Å². The predicted octanol–water partition coefficient (Wildman–Crippen LogP) is 3.57. The molecule has 1 aromatic rings. The average Bonchev–Trinajstić information content (AvgIpc) is 2.41. The van der Waals surface area contributed by atoms with Gasteiger partial charge >= 0.3 is 0 Å². The summed E-state index contributed by atoms with van der Waals surface area (Å²) in [6, 6.07) is 5.67. The van der Waals surface area contributed by atoms with Gasteiger partial charge < -0.3 is 15.5 Å². The first kappa shape index (κ1) is 13.4. The summed E-state index contributed by atoms with van der Waals surface area (Å²) >= 11 is 0. The molecule has 4 aliphatic carbocycles. The van der Waals surface area contributed by atoms with Gasteiger partial charge in [-0.1, -0.05) is 6.07 Å². The van der Waals surface area contributed by atoms with Gasteiger partial charge in [-0.05, 0) is 68.8 Å². The summed E-state index contributed by atoms with van der Waals surface area (Å²) in [6.07, 6.45) is 7.09. The quantitative estimate of drug-likeness (QED) is 0.796. The molecule has 0 amide bonds. The van der Waals surface area contributed by atoms with E-state index < -0.39 is 0 Å². The van der Waals surface area contributed by atoms with Gasteiger partial charge in [-0.3, -0.25) is 0 Å². The van der Waals surface area contributed by atoms with Gasteiger partial charge in [-0.15, -0.1) is 0 Å². The molecular formula is C18H25NO2. The minimum atomic E-state index is 0.123. The van der Waals surface area contributed by atoms with Gasteiger partial charge in [0, 0.05) is 23.7 Å². The fourth-order valence-corrected chi connectivity index (χ4v) is 5.47. The lowest BCUT2D eigenvalue weighted by atomic mass is 9.54. The van der Waals surface area contributed by atoms with E-state index in [1.807, 2.05) is 6.07 Å². The standard InChI is InChI=1S/C18H25NO2/c1-10(16-3-2-15(20)9-17(16)21)19-18-13-5-11-4-12(7-13)8-14(18)6-11/h2-3,9-14,18-21H,4-8H2,1H3. The molecule has 0 spiro atoms. The van der Waals surface area contributed by atoms with E-state index in [-0.39, 0.29) is 17.5 Å². The van der Waals surface area contributed by atoms with E-state index in [1.54, 1.807) is 6.07 Å². The van der Waals surface area contributed by atoms with E-state index >= 15 is 0 Å². The van der Waals surface area contributed by atoms with E-state index in [2.05, 4.69) is 12.2 Å². The van der Waals surface area contributed by atoms with Crippen molar-refractivity contribution in [1.29, 1.82) is 0 Å². The van der Waals surface area contributed by atoms with Crippen LogP contribution in [0.1, 0.15) is 50.6 Å². The maximum Gasteiger partial charge on any atom is 0.124 e. The van der Waals surface area contributed by atoms with Crippen molar-refractivity contribution in [2.75, 3.05) is 0 Å². The number of rotatable bonds is 3. The molecule has 5 rings (SSSR count). The van der Waals surface area contributed by atoms with Gasteiger partial charge in [0.1, 0.15) is 11.5 Å². The Bertz CT molecular complexity index is 514. The second kappa shape index (κ2) is 4.91. The number of hydrogen-bond acceptors (Lipinski definition) is 3. The zero-order valence-electron chi connectivity index (χ0n) is 12.6. The van der Waals surface area contributed by atoms with Gasteiger partial charge in [0.2, 0.25) is 0 Å². The Hall–Kier alpha value is -1.22. The summed E-state index contributed by atoms with van der Waals surface area (Å²) in [5.41, 5.74) is 0.890.